The van der Waals surface area contributed by atoms with Crippen LogP contribution in [-0.4, -0.2) is 4.98 Å². The van der Waals surface area contributed by atoms with Crippen LogP contribution in [0.4, 0.5) is 0 Å². The summed E-state index contributed by atoms with van der Waals surface area (Å²) in [4.78, 5) is 4.14. The Morgan fingerprint density at radius 2 is 2.18 bits per heavy atom. The number of hydrogen-bond acceptors (Lipinski definition) is 2. The molecule has 1 heterocycles. The van der Waals surface area contributed by atoms with Crippen LogP contribution in [-0.2, 0) is 0 Å². The molecule has 56 valence electrons. The highest BCUT2D eigenvalue weighted by Gasteiger charge is 2.02. The van der Waals surface area contributed by atoms with Gasteiger partial charge in [-0.15, -0.1) is 0 Å². The molecule has 11 heavy (non-hydrogen) atoms. The number of halogens is 1. The van der Waals surface area contributed by atoms with Gasteiger partial charge in [-0.05, 0) is 41.4 Å². The second kappa shape index (κ2) is 3.02. The quantitative estimate of drug-likeness (QED) is 0.617. The first-order chi connectivity index (χ1) is 5.15. The summed E-state index contributed by atoms with van der Waals surface area (Å²) < 4.78 is 0.628. The number of hydrogen-bond donors (Lipinski definition) is 0. The zero-order valence-electron chi connectivity index (χ0n) is 6.35. The van der Waals surface area contributed by atoms with Crippen molar-refractivity contribution in [3.63, 3.8) is 0 Å². The summed E-state index contributed by atoms with van der Waals surface area (Å²) in [6.45, 7) is 3.86. The van der Waals surface area contributed by atoms with Crippen LogP contribution in [0.15, 0.2) is 10.7 Å². The van der Waals surface area contributed by atoms with Gasteiger partial charge in [0.15, 0.2) is 0 Å². The lowest BCUT2D eigenvalue weighted by molar-refractivity contribution is 1.11. The summed E-state index contributed by atoms with van der Waals surface area (Å²) in [6, 6.07) is 3.88. The molecular weight excluding hydrogens is 204 g/mol. The molecule has 0 atom stereocenters. The topological polar surface area (TPSA) is 36.7 Å². The molecule has 0 fully saturated rings. The zero-order valence-corrected chi connectivity index (χ0v) is 7.94. The van der Waals surface area contributed by atoms with Crippen molar-refractivity contribution in [2.45, 2.75) is 13.8 Å². The normalized spacial score (nSPS) is 9.27. The molecule has 0 bridgehead atoms. The number of aromatic nitrogens is 1. The first kappa shape index (κ1) is 8.22. The molecule has 0 spiro atoms. The largest absolute Gasteiger partial charge is 0.245 e. The van der Waals surface area contributed by atoms with Crippen molar-refractivity contribution in [1.82, 2.24) is 4.98 Å². The predicted molar refractivity (Wildman–Crippen MR) is 46.1 cm³/mol. The number of pyridine rings is 1. The molecule has 1 rings (SSSR count). The summed E-state index contributed by atoms with van der Waals surface area (Å²) in [5.41, 5.74) is 2.59. The van der Waals surface area contributed by atoms with Crippen molar-refractivity contribution in [1.29, 1.82) is 5.26 Å². The fraction of sp³-hybridized carbons (Fsp3) is 0.250. The van der Waals surface area contributed by atoms with Crippen molar-refractivity contribution in [2.24, 2.45) is 0 Å². The van der Waals surface area contributed by atoms with E-state index < -0.39 is 0 Å². The monoisotopic (exact) mass is 210 g/mol. The Labute approximate surface area is 74.0 Å². The van der Waals surface area contributed by atoms with Crippen LogP contribution >= 0.6 is 15.9 Å². The maximum absolute atomic E-state index is 8.61. The van der Waals surface area contributed by atoms with Crippen LogP contribution in [0.2, 0.25) is 0 Å². The lowest BCUT2D eigenvalue weighted by Crippen LogP contribution is -1.90. The standard InChI is InChI=1S/C8H7BrN2/c1-5-3-7(4-10)8(9)11-6(5)2/h3H,1-2H3. The van der Waals surface area contributed by atoms with Gasteiger partial charge in [0.1, 0.15) is 10.7 Å². The fourth-order valence-corrected chi connectivity index (χ4v) is 1.22. The average Bonchev–Trinajstić information content (AvgIpc) is 1.97. The van der Waals surface area contributed by atoms with Gasteiger partial charge in [0.2, 0.25) is 0 Å². The lowest BCUT2D eigenvalue weighted by atomic mass is 10.2. The third-order valence-corrected chi connectivity index (χ3v) is 2.14. The van der Waals surface area contributed by atoms with Gasteiger partial charge in [-0.25, -0.2) is 4.98 Å². The van der Waals surface area contributed by atoms with Crippen LogP contribution in [0.25, 0.3) is 0 Å². The lowest BCUT2D eigenvalue weighted by Gasteiger charge is -2.00. The van der Waals surface area contributed by atoms with Crippen molar-refractivity contribution in [3.05, 3.63) is 27.5 Å². The highest BCUT2D eigenvalue weighted by atomic mass is 79.9. The van der Waals surface area contributed by atoms with Gasteiger partial charge in [0.05, 0.1) is 5.56 Å². The smallest absolute Gasteiger partial charge is 0.124 e. The second-order valence-corrected chi connectivity index (χ2v) is 3.09. The van der Waals surface area contributed by atoms with E-state index in [4.69, 9.17) is 5.26 Å². The molecule has 0 amide bonds. The summed E-state index contributed by atoms with van der Waals surface area (Å²) in [7, 11) is 0. The minimum atomic E-state index is 0.591. The van der Waals surface area contributed by atoms with E-state index in [1.54, 1.807) is 0 Å². The van der Waals surface area contributed by atoms with Crippen LogP contribution in [0.5, 0.6) is 0 Å². The fourth-order valence-electron chi connectivity index (χ4n) is 0.755. The van der Waals surface area contributed by atoms with Crippen molar-refractivity contribution in [3.8, 4) is 6.07 Å². The maximum Gasteiger partial charge on any atom is 0.124 e. The Morgan fingerprint density at radius 1 is 1.55 bits per heavy atom. The van der Waals surface area contributed by atoms with E-state index in [1.807, 2.05) is 19.9 Å². The van der Waals surface area contributed by atoms with Gasteiger partial charge >= 0.3 is 0 Å². The molecule has 1 aromatic rings. The molecule has 3 heteroatoms. The third-order valence-electron chi connectivity index (χ3n) is 1.54. The minimum Gasteiger partial charge on any atom is -0.245 e. The van der Waals surface area contributed by atoms with Crippen LogP contribution in [0.3, 0.4) is 0 Å². The molecule has 0 saturated heterocycles. The summed E-state index contributed by atoms with van der Waals surface area (Å²) in [6.07, 6.45) is 0. The van der Waals surface area contributed by atoms with E-state index in [1.165, 1.54) is 0 Å². The van der Waals surface area contributed by atoms with Crippen LogP contribution in [0, 0.1) is 25.2 Å². The summed E-state index contributed by atoms with van der Waals surface area (Å²) in [5, 5.41) is 8.61. The Balaban J connectivity index is 3.35. The van der Waals surface area contributed by atoms with E-state index in [0.717, 1.165) is 11.3 Å². The number of aryl methyl sites for hydroxylation is 2. The minimum absolute atomic E-state index is 0.591. The van der Waals surface area contributed by atoms with Gasteiger partial charge < -0.3 is 0 Å². The highest BCUT2D eigenvalue weighted by Crippen LogP contribution is 2.16. The zero-order chi connectivity index (χ0) is 8.43. The number of nitrogens with zero attached hydrogens (tertiary/aromatic N) is 2. The number of nitriles is 1. The Kier molecular flexibility index (Phi) is 2.25. The van der Waals surface area contributed by atoms with Gasteiger partial charge in [-0.1, -0.05) is 0 Å². The molecule has 0 unspecified atom stereocenters. The Morgan fingerprint density at radius 3 is 2.73 bits per heavy atom. The Bertz CT molecular complexity index is 326. The maximum atomic E-state index is 8.61. The molecule has 2 nitrogen and oxygen atoms in total. The van der Waals surface area contributed by atoms with Crippen molar-refractivity contribution < 1.29 is 0 Å². The van der Waals surface area contributed by atoms with Crippen LogP contribution in [0.1, 0.15) is 16.8 Å². The highest BCUT2D eigenvalue weighted by molar-refractivity contribution is 9.10. The van der Waals surface area contributed by atoms with Gasteiger partial charge in [0.25, 0.3) is 0 Å². The Hall–Kier alpha value is -0.880. The van der Waals surface area contributed by atoms with Gasteiger partial charge in [-0.3, -0.25) is 0 Å². The van der Waals surface area contributed by atoms with E-state index in [9.17, 15) is 0 Å². The third kappa shape index (κ3) is 1.58. The molecule has 0 aliphatic heterocycles. The average molecular weight is 211 g/mol. The number of rotatable bonds is 0. The molecule has 0 aliphatic carbocycles. The molecule has 0 saturated carbocycles. The van der Waals surface area contributed by atoms with E-state index >= 15 is 0 Å². The predicted octanol–water partition coefficient (Wildman–Crippen LogP) is 2.33. The van der Waals surface area contributed by atoms with Crippen molar-refractivity contribution in [2.75, 3.05) is 0 Å². The SMILES string of the molecule is Cc1cc(C#N)c(Br)nc1C. The molecule has 1 aromatic heterocycles. The van der Waals surface area contributed by atoms with Crippen molar-refractivity contribution >= 4 is 15.9 Å². The summed E-state index contributed by atoms with van der Waals surface area (Å²) in [5.74, 6) is 0. The van der Waals surface area contributed by atoms with Gasteiger partial charge in [-0.2, -0.15) is 5.26 Å². The van der Waals surface area contributed by atoms with Crippen LogP contribution < -0.4 is 0 Å². The van der Waals surface area contributed by atoms with E-state index in [2.05, 4.69) is 27.0 Å². The first-order valence-electron chi connectivity index (χ1n) is 3.19. The summed E-state index contributed by atoms with van der Waals surface area (Å²) >= 11 is 3.21. The first-order valence-corrected chi connectivity index (χ1v) is 3.98. The molecule has 0 aromatic carbocycles. The molecular formula is C8H7BrN2. The van der Waals surface area contributed by atoms with E-state index in [-0.39, 0.29) is 0 Å². The van der Waals surface area contributed by atoms with Gasteiger partial charge in [0, 0.05) is 5.69 Å². The molecule has 0 radical (unpaired) electrons. The van der Waals surface area contributed by atoms with E-state index in [0.29, 0.717) is 10.2 Å². The molecule has 0 aliphatic rings. The second-order valence-electron chi connectivity index (χ2n) is 2.34. The molecule has 0 N–H and O–H groups in total.